The Balaban J connectivity index is 1.55. The Morgan fingerprint density at radius 2 is 2.26 bits per heavy atom. The zero-order chi connectivity index (χ0) is 16.2. The van der Waals surface area contributed by atoms with Crippen LogP contribution >= 0.6 is 11.3 Å². The van der Waals surface area contributed by atoms with E-state index in [9.17, 15) is 9.18 Å². The number of halogens is 1. The number of nitrogens with one attached hydrogen (secondary N) is 1. The van der Waals surface area contributed by atoms with Gasteiger partial charge < -0.3 is 10.1 Å². The van der Waals surface area contributed by atoms with Crippen molar-refractivity contribution in [3.05, 3.63) is 46.7 Å². The fourth-order valence-electron chi connectivity index (χ4n) is 2.50. The molecule has 7 heteroatoms. The summed E-state index contributed by atoms with van der Waals surface area (Å²) >= 11 is 1.42. The number of rotatable bonds is 4. The maximum atomic E-state index is 13.0. The fourth-order valence-corrected chi connectivity index (χ4v) is 3.20. The van der Waals surface area contributed by atoms with Gasteiger partial charge >= 0.3 is 0 Å². The van der Waals surface area contributed by atoms with E-state index in [-0.39, 0.29) is 17.8 Å². The van der Waals surface area contributed by atoms with E-state index in [1.165, 1.54) is 23.5 Å². The summed E-state index contributed by atoms with van der Waals surface area (Å²) < 4.78 is 18.7. The Morgan fingerprint density at radius 1 is 1.48 bits per heavy atom. The van der Waals surface area contributed by atoms with Crippen molar-refractivity contribution in [1.82, 2.24) is 9.88 Å². The standard InChI is InChI=1S/C16H18FN3O2S/c1-11-10-23-16(18-11)19-15(21)9-20-6-7-22-14(8-20)12-2-4-13(17)5-3-12/h2-5,10,14H,6-9H2,1H3,(H,18,19,21). The molecule has 1 amide bonds. The molecule has 0 bridgehead atoms. The van der Waals surface area contributed by atoms with E-state index in [1.54, 1.807) is 12.1 Å². The maximum absolute atomic E-state index is 13.0. The minimum Gasteiger partial charge on any atom is -0.371 e. The number of hydrogen-bond acceptors (Lipinski definition) is 5. The molecule has 1 atom stereocenters. The summed E-state index contributed by atoms with van der Waals surface area (Å²) in [6.07, 6.45) is -0.140. The second kappa shape index (κ2) is 7.16. The summed E-state index contributed by atoms with van der Waals surface area (Å²) in [5.74, 6) is -0.348. The molecule has 5 nitrogen and oxygen atoms in total. The Labute approximate surface area is 138 Å². The van der Waals surface area contributed by atoms with Crippen molar-refractivity contribution in [1.29, 1.82) is 0 Å². The second-order valence-electron chi connectivity index (χ2n) is 5.49. The van der Waals surface area contributed by atoms with E-state index < -0.39 is 0 Å². The molecule has 2 aromatic rings. The maximum Gasteiger partial charge on any atom is 0.240 e. The topological polar surface area (TPSA) is 54.5 Å². The molecule has 0 aliphatic carbocycles. The van der Waals surface area contributed by atoms with Crippen molar-refractivity contribution in [2.75, 3.05) is 31.6 Å². The van der Waals surface area contributed by atoms with Crippen LogP contribution in [0.2, 0.25) is 0 Å². The zero-order valence-electron chi connectivity index (χ0n) is 12.8. The lowest BCUT2D eigenvalue weighted by Crippen LogP contribution is -2.42. The third-order valence-corrected chi connectivity index (χ3v) is 4.50. The van der Waals surface area contributed by atoms with E-state index in [0.29, 0.717) is 31.4 Å². The minimum absolute atomic E-state index is 0.0842. The number of benzene rings is 1. The number of thiazole rings is 1. The number of nitrogens with zero attached hydrogens (tertiary/aromatic N) is 2. The summed E-state index contributed by atoms with van der Waals surface area (Å²) in [7, 11) is 0. The van der Waals surface area contributed by atoms with Crippen molar-refractivity contribution in [3.63, 3.8) is 0 Å². The Kier molecular flexibility index (Phi) is 5.00. The third kappa shape index (κ3) is 4.34. The first-order valence-corrected chi connectivity index (χ1v) is 8.29. The van der Waals surface area contributed by atoms with Gasteiger partial charge in [0.1, 0.15) is 5.82 Å². The van der Waals surface area contributed by atoms with E-state index in [1.807, 2.05) is 17.2 Å². The van der Waals surface area contributed by atoms with Gasteiger partial charge in [0.05, 0.1) is 24.9 Å². The van der Waals surface area contributed by atoms with Crippen LogP contribution in [0.4, 0.5) is 9.52 Å². The van der Waals surface area contributed by atoms with Crippen molar-refractivity contribution in [2.24, 2.45) is 0 Å². The van der Waals surface area contributed by atoms with Crippen LogP contribution in [0.3, 0.4) is 0 Å². The zero-order valence-corrected chi connectivity index (χ0v) is 13.6. The predicted octanol–water partition coefficient (Wildman–Crippen LogP) is 2.60. The second-order valence-corrected chi connectivity index (χ2v) is 6.35. The molecule has 122 valence electrons. The van der Waals surface area contributed by atoms with Crippen LogP contribution < -0.4 is 5.32 Å². The van der Waals surface area contributed by atoms with Gasteiger partial charge in [-0.3, -0.25) is 9.69 Å². The number of morpholine rings is 1. The van der Waals surface area contributed by atoms with Crippen LogP contribution in [-0.2, 0) is 9.53 Å². The van der Waals surface area contributed by atoms with Gasteiger partial charge in [-0.1, -0.05) is 12.1 Å². The van der Waals surface area contributed by atoms with Gasteiger partial charge in [-0.2, -0.15) is 0 Å². The molecule has 0 spiro atoms. The molecule has 1 fully saturated rings. The van der Waals surface area contributed by atoms with E-state index in [4.69, 9.17) is 4.74 Å². The van der Waals surface area contributed by atoms with Gasteiger partial charge in [0.15, 0.2) is 5.13 Å². The Hall–Kier alpha value is -1.83. The Bertz CT molecular complexity index is 674. The number of amides is 1. The largest absolute Gasteiger partial charge is 0.371 e. The molecule has 1 aliphatic rings. The Morgan fingerprint density at radius 3 is 2.96 bits per heavy atom. The van der Waals surface area contributed by atoms with Crippen LogP contribution in [0.25, 0.3) is 0 Å². The van der Waals surface area contributed by atoms with Crippen LogP contribution in [0, 0.1) is 12.7 Å². The smallest absolute Gasteiger partial charge is 0.240 e. The van der Waals surface area contributed by atoms with Gasteiger partial charge in [0.25, 0.3) is 0 Å². The number of hydrogen-bond donors (Lipinski definition) is 1. The fraction of sp³-hybridized carbons (Fsp3) is 0.375. The highest BCUT2D eigenvalue weighted by molar-refractivity contribution is 7.13. The summed E-state index contributed by atoms with van der Waals surface area (Å²) in [6.45, 7) is 4.03. The summed E-state index contributed by atoms with van der Waals surface area (Å²) in [5, 5.41) is 5.33. The summed E-state index contributed by atoms with van der Waals surface area (Å²) in [4.78, 5) is 18.4. The monoisotopic (exact) mass is 335 g/mol. The third-order valence-electron chi connectivity index (χ3n) is 3.62. The molecule has 23 heavy (non-hydrogen) atoms. The molecule has 0 radical (unpaired) electrons. The van der Waals surface area contributed by atoms with Crippen molar-refractivity contribution in [3.8, 4) is 0 Å². The van der Waals surface area contributed by atoms with Crippen molar-refractivity contribution < 1.29 is 13.9 Å². The van der Waals surface area contributed by atoms with Gasteiger partial charge in [-0.25, -0.2) is 9.37 Å². The lowest BCUT2D eigenvalue weighted by Gasteiger charge is -2.32. The number of carbonyl (C=O) groups is 1. The lowest BCUT2D eigenvalue weighted by molar-refractivity contribution is -0.119. The molecule has 2 heterocycles. The molecule has 1 aromatic carbocycles. The lowest BCUT2D eigenvalue weighted by atomic mass is 10.1. The summed E-state index contributed by atoms with van der Waals surface area (Å²) in [5.41, 5.74) is 1.82. The highest BCUT2D eigenvalue weighted by Crippen LogP contribution is 2.22. The van der Waals surface area contributed by atoms with Gasteiger partial charge in [-0.15, -0.1) is 11.3 Å². The van der Waals surface area contributed by atoms with Crippen molar-refractivity contribution in [2.45, 2.75) is 13.0 Å². The van der Waals surface area contributed by atoms with Crippen molar-refractivity contribution >= 4 is 22.4 Å². The number of ether oxygens (including phenoxy) is 1. The van der Waals surface area contributed by atoms with Gasteiger partial charge in [0.2, 0.25) is 5.91 Å². The van der Waals surface area contributed by atoms with Gasteiger partial charge in [-0.05, 0) is 24.6 Å². The molecule has 1 aliphatic heterocycles. The number of anilines is 1. The molecular weight excluding hydrogens is 317 g/mol. The molecular formula is C16H18FN3O2S. The molecule has 1 unspecified atom stereocenters. The molecule has 0 saturated carbocycles. The van der Waals surface area contributed by atoms with Crippen LogP contribution in [0.5, 0.6) is 0 Å². The van der Waals surface area contributed by atoms with Crippen LogP contribution in [0.1, 0.15) is 17.4 Å². The quantitative estimate of drug-likeness (QED) is 0.933. The molecule has 1 N–H and O–H groups in total. The van der Waals surface area contributed by atoms with E-state index in [2.05, 4.69) is 10.3 Å². The first-order valence-electron chi connectivity index (χ1n) is 7.41. The highest BCUT2D eigenvalue weighted by atomic mass is 32.1. The normalized spacial score (nSPS) is 18.8. The minimum atomic E-state index is -0.264. The SMILES string of the molecule is Cc1csc(NC(=O)CN2CCOC(c3ccc(F)cc3)C2)n1. The predicted molar refractivity (Wildman–Crippen MR) is 87.0 cm³/mol. The molecule has 1 aromatic heterocycles. The number of carbonyl (C=O) groups excluding carboxylic acids is 1. The number of aryl methyl sites for hydroxylation is 1. The first-order chi connectivity index (χ1) is 11.1. The molecule has 1 saturated heterocycles. The average molecular weight is 335 g/mol. The van der Waals surface area contributed by atoms with Gasteiger partial charge in [0, 0.05) is 18.5 Å². The first kappa shape index (κ1) is 16.0. The van der Waals surface area contributed by atoms with Crippen LogP contribution in [0.15, 0.2) is 29.6 Å². The highest BCUT2D eigenvalue weighted by Gasteiger charge is 2.23. The molecule has 3 rings (SSSR count). The summed E-state index contributed by atoms with van der Waals surface area (Å²) in [6, 6.07) is 6.30. The average Bonchev–Trinajstić information content (AvgIpc) is 2.93. The van der Waals surface area contributed by atoms with Crippen LogP contribution in [-0.4, -0.2) is 42.0 Å². The number of aromatic nitrogens is 1. The van der Waals surface area contributed by atoms with E-state index in [0.717, 1.165) is 11.3 Å². The van der Waals surface area contributed by atoms with E-state index >= 15 is 0 Å².